The molecule has 14 heavy (non-hydrogen) atoms. The van der Waals surface area contributed by atoms with Gasteiger partial charge in [-0.05, 0) is 36.5 Å². The van der Waals surface area contributed by atoms with Crippen molar-refractivity contribution in [2.45, 2.75) is 31.8 Å². The minimum absolute atomic E-state index is 0.0666. The van der Waals surface area contributed by atoms with Crippen molar-refractivity contribution in [2.24, 2.45) is 5.92 Å². The van der Waals surface area contributed by atoms with Crippen LogP contribution in [0.2, 0.25) is 0 Å². The van der Waals surface area contributed by atoms with Gasteiger partial charge in [0.05, 0.1) is 0 Å². The zero-order chi connectivity index (χ0) is 9.97. The van der Waals surface area contributed by atoms with E-state index < -0.39 is 6.10 Å². The zero-order valence-corrected chi connectivity index (χ0v) is 8.19. The lowest BCUT2D eigenvalue weighted by molar-refractivity contribution is 0.193. The zero-order valence-electron chi connectivity index (χ0n) is 8.19. The smallest absolute Gasteiger partial charge is 0.129 e. The van der Waals surface area contributed by atoms with Gasteiger partial charge in [-0.2, -0.15) is 0 Å². The summed E-state index contributed by atoms with van der Waals surface area (Å²) in [5.74, 6) is 0.643. The Labute approximate surface area is 84.3 Å². The molecule has 2 aliphatic rings. The summed E-state index contributed by atoms with van der Waals surface area (Å²) < 4.78 is 0. The van der Waals surface area contributed by atoms with Gasteiger partial charge in [0.25, 0.3) is 0 Å². The molecule has 2 heteroatoms. The van der Waals surface area contributed by atoms with E-state index in [0.29, 0.717) is 5.92 Å². The Morgan fingerprint density at radius 1 is 1.21 bits per heavy atom. The average molecular weight is 192 g/mol. The molecule has 2 aliphatic carbocycles. The van der Waals surface area contributed by atoms with Crippen molar-refractivity contribution >= 4 is 0 Å². The van der Waals surface area contributed by atoms with Crippen LogP contribution >= 0.6 is 0 Å². The lowest BCUT2D eigenvalue weighted by atomic mass is 9.96. The Balaban J connectivity index is 2.18. The standard InChI is InChI=1S/C12H16O2/c13-11-7-3-6-10(8-12(11)14)9-4-1-2-5-9/h3,6-9,11,13-14H,1-2,4-5H2. The maximum atomic E-state index is 9.51. The van der Waals surface area contributed by atoms with Crippen molar-refractivity contribution in [2.75, 3.05) is 0 Å². The molecule has 0 saturated heterocycles. The maximum Gasteiger partial charge on any atom is 0.129 e. The van der Waals surface area contributed by atoms with Gasteiger partial charge in [0.15, 0.2) is 0 Å². The number of rotatable bonds is 1. The summed E-state index contributed by atoms with van der Waals surface area (Å²) in [6.07, 6.45) is 11.3. The fourth-order valence-electron chi connectivity index (χ4n) is 2.19. The van der Waals surface area contributed by atoms with E-state index in [4.69, 9.17) is 0 Å². The fourth-order valence-corrected chi connectivity index (χ4v) is 2.19. The summed E-state index contributed by atoms with van der Waals surface area (Å²) in [6.45, 7) is 0. The third-order valence-electron chi connectivity index (χ3n) is 3.03. The highest BCUT2D eigenvalue weighted by Crippen LogP contribution is 2.32. The quantitative estimate of drug-likeness (QED) is 0.670. The Morgan fingerprint density at radius 2 is 1.93 bits per heavy atom. The van der Waals surface area contributed by atoms with E-state index in [1.807, 2.05) is 12.2 Å². The lowest BCUT2D eigenvalue weighted by Crippen LogP contribution is -2.06. The van der Waals surface area contributed by atoms with Gasteiger partial charge in [-0.25, -0.2) is 0 Å². The van der Waals surface area contributed by atoms with E-state index in [-0.39, 0.29) is 5.76 Å². The van der Waals surface area contributed by atoms with E-state index in [1.54, 1.807) is 12.2 Å². The summed E-state index contributed by atoms with van der Waals surface area (Å²) in [5.41, 5.74) is 1.16. The second kappa shape index (κ2) is 4.01. The molecule has 76 valence electrons. The van der Waals surface area contributed by atoms with E-state index in [2.05, 4.69) is 0 Å². The molecule has 0 aromatic heterocycles. The van der Waals surface area contributed by atoms with Crippen molar-refractivity contribution < 1.29 is 10.2 Å². The van der Waals surface area contributed by atoms with Gasteiger partial charge in [0.2, 0.25) is 0 Å². The van der Waals surface area contributed by atoms with Crippen molar-refractivity contribution in [3.05, 3.63) is 35.6 Å². The summed E-state index contributed by atoms with van der Waals surface area (Å²) in [6, 6.07) is 0. The molecule has 0 bridgehead atoms. The van der Waals surface area contributed by atoms with E-state index >= 15 is 0 Å². The summed E-state index contributed by atoms with van der Waals surface area (Å²) >= 11 is 0. The summed E-state index contributed by atoms with van der Waals surface area (Å²) in [7, 11) is 0. The van der Waals surface area contributed by atoms with Gasteiger partial charge < -0.3 is 10.2 Å². The molecule has 0 amide bonds. The molecule has 2 nitrogen and oxygen atoms in total. The molecule has 1 atom stereocenters. The fraction of sp³-hybridized carbons (Fsp3) is 0.500. The van der Waals surface area contributed by atoms with Crippen LogP contribution < -0.4 is 0 Å². The summed E-state index contributed by atoms with van der Waals surface area (Å²) in [5, 5.41) is 18.9. The molecule has 0 aromatic carbocycles. The predicted molar refractivity (Wildman–Crippen MR) is 55.9 cm³/mol. The first-order valence-corrected chi connectivity index (χ1v) is 5.24. The number of aliphatic hydroxyl groups is 2. The van der Waals surface area contributed by atoms with Gasteiger partial charge in [0, 0.05) is 0 Å². The second-order valence-electron chi connectivity index (χ2n) is 4.05. The number of hydrogen-bond acceptors (Lipinski definition) is 2. The second-order valence-corrected chi connectivity index (χ2v) is 4.05. The highest BCUT2D eigenvalue weighted by molar-refractivity contribution is 5.33. The van der Waals surface area contributed by atoms with Gasteiger partial charge in [0.1, 0.15) is 11.9 Å². The highest BCUT2D eigenvalue weighted by atomic mass is 16.3. The molecule has 2 rings (SSSR count). The van der Waals surface area contributed by atoms with E-state index in [0.717, 1.165) is 5.57 Å². The van der Waals surface area contributed by atoms with Crippen molar-refractivity contribution in [1.29, 1.82) is 0 Å². The van der Waals surface area contributed by atoms with Crippen molar-refractivity contribution in [3.8, 4) is 0 Å². The van der Waals surface area contributed by atoms with Crippen molar-refractivity contribution in [3.63, 3.8) is 0 Å². The van der Waals surface area contributed by atoms with Gasteiger partial charge in [-0.3, -0.25) is 0 Å². The van der Waals surface area contributed by atoms with Crippen LogP contribution in [-0.4, -0.2) is 16.3 Å². The Bertz CT molecular complexity index is 293. The van der Waals surface area contributed by atoms with Crippen LogP contribution in [0.4, 0.5) is 0 Å². The first kappa shape index (κ1) is 9.53. The highest BCUT2D eigenvalue weighted by Gasteiger charge is 2.19. The normalized spacial score (nSPS) is 28.5. The molecular formula is C12H16O2. The SMILES string of the molecule is OC1=CC(C2CCCC2)=CC=CC1O. The summed E-state index contributed by atoms with van der Waals surface area (Å²) in [4.78, 5) is 0. The van der Waals surface area contributed by atoms with E-state index in [9.17, 15) is 10.2 Å². The predicted octanol–water partition coefficient (Wildman–Crippen LogP) is 2.48. The van der Waals surface area contributed by atoms with Crippen LogP contribution in [-0.2, 0) is 0 Å². The third-order valence-corrected chi connectivity index (χ3v) is 3.03. The number of aliphatic hydroxyl groups excluding tert-OH is 2. The van der Waals surface area contributed by atoms with Crippen LogP contribution in [0.15, 0.2) is 35.6 Å². The molecule has 0 spiro atoms. The molecule has 2 N–H and O–H groups in total. The molecule has 1 unspecified atom stereocenters. The van der Waals surface area contributed by atoms with Gasteiger partial charge >= 0.3 is 0 Å². The molecule has 0 heterocycles. The first-order valence-electron chi connectivity index (χ1n) is 5.24. The lowest BCUT2D eigenvalue weighted by Gasteiger charge is -2.10. The molecule has 1 fully saturated rings. The maximum absolute atomic E-state index is 9.51. The third kappa shape index (κ3) is 1.90. The molecule has 1 saturated carbocycles. The Kier molecular flexibility index (Phi) is 2.73. The van der Waals surface area contributed by atoms with E-state index in [1.165, 1.54) is 25.7 Å². The topological polar surface area (TPSA) is 40.5 Å². The first-order chi connectivity index (χ1) is 6.77. The number of hydrogen-bond donors (Lipinski definition) is 2. The van der Waals surface area contributed by atoms with Crippen LogP contribution in [0.1, 0.15) is 25.7 Å². The molecule has 0 radical (unpaired) electrons. The molecule has 0 aliphatic heterocycles. The minimum atomic E-state index is -0.829. The number of allylic oxidation sites excluding steroid dienone is 4. The van der Waals surface area contributed by atoms with Crippen molar-refractivity contribution in [1.82, 2.24) is 0 Å². The van der Waals surface area contributed by atoms with Crippen LogP contribution in [0.5, 0.6) is 0 Å². The van der Waals surface area contributed by atoms with Gasteiger partial charge in [-0.1, -0.05) is 25.0 Å². The Morgan fingerprint density at radius 3 is 2.64 bits per heavy atom. The molecular weight excluding hydrogens is 176 g/mol. The Hall–Kier alpha value is -1.02. The average Bonchev–Trinajstić information content (AvgIpc) is 2.63. The van der Waals surface area contributed by atoms with Crippen LogP contribution in [0, 0.1) is 5.92 Å². The largest absolute Gasteiger partial charge is 0.509 e. The van der Waals surface area contributed by atoms with Crippen LogP contribution in [0.3, 0.4) is 0 Å². The minimum Gasteiger partial charge on any atom is -0.509 e. The monoisotopic (exact) mass is 192 g/mol. The van der Waals surface area contributed by atoms with Gasteiger partial charge in [-0.15, -0.1) is 0 Å². The van der Waals surface area contributed by atoms with Crippen LogP contribution in [0.25, 0.3) is 0 Å². The molecule has 0 aromatic rings.